The maximum atomic E-state index is 14.1. The van der Waals surface area contributed by atoms with Crippen LogP contribution in [-0.2, 0) is 109 Å². The molecule has 1 aromatic carbocycles. The lowest BCUT2D eigenvalue weighted by Gasteiger charge is -2.46. The second kappa shape index (κ2) is 36.1. The van der Waals surface area contributed by atoms with Crippen molar-refractivity contribution in [2.75, 3.05) is 79.2 Å². The minimum absolute atomic E-state index is 0.0652. The number of rotatable bonds is 33. The molecular formula is C62H85N7O34. The molecule has 41 nitrogen and oxygen atoms in total. The van der Waals surface area contributed by atoms with Crippen molar-refractivity contribution in [3.05, 3.63) is 63.4 Å². The van der Waals surface area contributed by atoms with E-state index in [1.807, 2.05) is 24.3 Å². The van der Waals surface area contributed by atoms with Crippen LogP contribution >= 0.6 is 0 Å². The molecule has 22 atom stereocenters. The molecule has 4 fully saturated rings. The molecule has 5 amide bonds. The van der Waals surface area contributed by atoms with Gasteiger partial charge >= 0.3 is 24.1 Å². The van der Waals surface area contributed by atoms with Crippen LogP contribution in [0.4, 0.5) is 9.59 Å². The van der Waals surface area contributed by atoms with Crippen LogP contribution in [0.2, 0.25) is 0 Å². The van der Waals surface area contributed by atoms with Crippen LogP contribution in [0.3, 0.4) is 0 Å². The molecule has 0 radical (unpaired) electrons. The summed E-state index contributed by atoms with van der Waals surface area (Å²) in [4.78, 5) is 111. The molecule has 1 unspecified atom stereocenters. The molecule has 4 saturated heterocycles. The van der Waals surface area contributed by atoms with Gasteiger partial charge in [-0.2, -0.15) is 0 Å². The molecule has 0 spiro atoms. The van der Waals surface area contributed by atoms with Crippen molar-refractivity contribution in [3.63, 3.8) is 0 Å². The number of aromatic nitrogens is 2. The predicted molar refractivity (Wildman–Crippen MR) is 333 cm³/mol. The maximum Gasteiger partial charge on any atom is 0.404 e. The van der Waals surface area contributed by atoms with Crippen molar-refractivity contribution < 1.29 is 161 Å². The minimum atomic E-state index is -2.14. The number of nitrogens with two attached hydrogens (primary N) is 2. The van der Waals surface area contributed by atoms with Gasteiger partial charge in [-0.15, -0.1) is 0 Å². The van der Waals surface area contributed by atoms with Crippen LogP contribution in [0.5, 0.6) is 0 Å². The fraction of sp³-hybridized carbons (Fsp3) is 0.661. The number of ether oxygens (including phenoxy) is 14. The Kier molecular flexibility index (Phi) is 27.9. The summed E-state index contributed by atoms with van der Waals surface area (Å²) in [5.41, 5.74) is 9.94. The van der Waals surface area contributed by atoms with Gasteiger partial charge in [0.15, 0.2) is 37.4 Å². The lowest BCUT2D eigenvalue weighted by molar-refractivity contribution is -0.367. The van der Waals surface area contributed by atoms with E-state index in [1.54, 1.807) is 12.1 Å². The smallest absolute Gasteiger partial charge is 0.404 e. The van der Waals surface area contributed by atoms with Gasteiger partial charge in [0.2, 0.25) is 23.3 Å². The number of nitrogens with zero attached hydrogens (tertiary/aromatic N) is 2. The number of aliphatic hydroxyl groups excluding tert-OH is 12. The number of esters is 2. The monoisotopic (exact) mass is 1470 g/mol. The summed E-state index contributed by atoms with van der Waals surface area (Å²) in [6.07, 6.45) is -40.2. The lowest BCUT2D eigenvalue weighted by atomic mass is 9.85. The summed E-state index contributed by atoms with van der Waals surface area (Å²) in [5, 5.41) is 134. The van der Waals surface area contributed by atoms with Crippen LogP contribution in [-0.4, -0.2) is 321 Å². The molecule has 19 N–H and O–H groups in total. The van der Waals surface area contributed by atoms with Gasteiger partial charge in [-0.3, -0.25) is 24.0 Å². The Bertz CT molecular complexity index is 3500. The molecule has 9 rings (SSSR count). The van der Waals surface area contributed by atoms with Crippen LogP contribution < -0.4 is 33.0 Å². The SMILES string of the molecule is CC[C@@]1(OC(=O)CCC(=O)NC(CC(=O)NCCOCCO[C@H]2O[C@@H](CO)[C@@H](O)[C@H](O)[C@@H]2O[C@H]2O[C@H](CO)[C@@H](O)[C@H](OC(N)=O)[C@@H]2O)C(=O)NCCOCCO[C@H]2O[C@@H](CO)[C@@H](O)[C@H](O)[C@@H]2O[C@H]2O[C@H](CO)[C@@H](O)[C@H](OC(N)=O)[C@@H]2O)C(=O)OCc2c1cc1n(c2=O)Cc2cc3ccccc3nc2-1. The fourth-order valence-corrected chi connectivity index (χ4v) is 12.4. The maximum absolute atomic E-state index is 14.1. The summed E-state index contributed by atoms with van der Waals surface area (Å²) in [6, 6.07) is 9.16. The molecule has 0 bridgehead atoms. The number of amides is 5. The largest absolute Gasteiger partial charge is 0.457 e. The Morgan fingerprint density at radius 3 is 1.66 bits per heavy atom. The minimum Gasteiger partial charge on any atom is -0.457 e. The summed E-state index contributed by atoms with van der Waals surface area (Å²) >= 11 is 0. The van der Waals surface area contributed by atoms with Gasteiger partial charge in [0.05, 0.1) is 108 Å². The molecule has 6 aliphatic rings. The summed E-state index contributed by atoms with van der Waals surface area (Å²) in [5.74, 6) is -4.78. The number of hydrogen-bond donors (Lipinski definition) is 17. The van der Waals surface area contributed by atoms with Gasteiger partial charge < -0.3 is 160 Å². The quantitative estimate of drug-likeness (QED) is 0.0120. The van der Waals surface area contributed by atoms with E-state index in [2.05, 4.69) is 16.0 Å². The molecule has 8 heterocycles. The van der Waals surface area contributed by atoms with E-state index in [0.29, 0.717) is 16.9 Å². The number of nitrogens with one attached hydrogen (secondary N) is 3. The molecule has 41 heteroatoms. The standard InChI is InChI=1S/C62H85N7O34/c1-2-62(29-18-32-40-27(17-26-5-3-4-6-30(26)68-40)20-69(32)54(86)28(29)25-94-59(62)87)103-39(76)8-7-37(74)67-31(53(85)66-10-12-91-14-16-93-58-52(46(82)42(78)34(22-71)98-58)100-56-48(84)50(102-61(64)89)44(80)36(24-73)96-56)19-38(75)65-9-11-90-13-15-92-57-51(45(81)41(77)33(21-70)97-57)99-55-47(83)49(101-60(63)88)43(79)35(23-72)95-55/h3-6,17-18,31,33-36,41-52,55-58,70-73,77-84H,2,7-16,19-25H2,1H3,(H2,63,88)(H2,64,89)(H,65,75)(H,66,85)(H,67,74)/t31?,33-,34-,35+,36+,41+,42+,43+,44+,45-,46-,47-,48-,49-,50-,51-,52-,55+,56+,57-,58-,62-/m0/s1. The number of benzene rings is 1. The Morgan fingerprint density at radius 1 is 0.621 bits per heavy atom. The number of primary amides is 2. The van der Waals surface area contributed by atoms with Crippen molar-refractivity contribution in [2.24, 2.45) is 11.5 Å². The zero-order chi connectivity index (χ0) is 74.6. The van der Waals surface area contributed by atoms with Gasteiger partial charge in [-0.1, -0.05) is 25.1 Å². The second-order valence-corrected chi connectivity index (χ2v) is 24.5. The van der Waals surface area contributed by atoms with Gasteiger partial charge in [0, 0.05) is 36.0 Å². The van der Waals surface area contributed by atoms with Gasteiger partial charge in [0.1, 0.15) is 98.1 Å². The highest BCUT2D eigenvalue weighted by Crippen LogP contribution is 2.42. The van der Waals surface area contributed by atoms with E-state index in [1.165, 1.54) is 11.5 Å². The first kappa shape index (κ1) is 79.7. The van der Waals surface area contributed by atoms with Gasteiger partial charge in [-0.25, -0.2) is 19.4 Å². The zero-order valence-corrected chi connectivity index (χ0v) is 55.2. The highest BCUT2D eigenvalue weighted by Gasteiger charge is 2.55. The summed E-state index contributed by atoms with van der Waals surface area (Å²) in [7, 11) is 0. The van der Waals surface area contributed by atoms with E-state index in [0.717, 1.165) is 10.9 Å². The average Bonchev–Trinajstić information content (AvgIpc) is 1.67. The Labute approximate surface area is 583 Å². The second-order valence-electron chi connectivity index (χ2n) is 24.5. The highest BCUT2D eigenvalue weighted by molar-refractivity contribution is 5.93. The predicted octanol–water partition coefficient (Wildman–Crippen LogP) is -8.96. The lowest BCUT2D eigenvalue weighted by Crippen LogP contribution is -2.65. The van der Waals surface area contributed by atoms with E-state index in [4.69, 9.17) is 82.8 Å². The highest BCUT2D eigenvalue weighted by atomic mass is 16.8. The average molecular weight is 1470 g/mol. The summed E-state index contributed by atoms with van der Waals surface area (Å²) in [6.45, 7) is -4.46. The number of carbonyl (C=O) groups excluding carboxylic acids is 7. The van der Waals surface area contributed by atoms with E-state index in [9.17, 15) is 99.6 Å². The molecule has 103 heavy (non-hydrogen) atoms. The number of cyclic esters (lactones) is 1. The molecule has 572 valence electrons. The first-order chi connectivity index (χ1) is 49.3. The van der Waals surface area contributed by atoms with Crippen LogP contribution in [0.1, 0.15) is 49.3 Å². The van der Waals surface area contributed by atoms with Crippen molar-refractivity contribution >= 4 is 52.7 Å². The van der Waals surface area contributed by atoms with Crippen LogP contribution in [0.25, 0.3) is 22.3 Å². The molecular weight excluding hydrogens is 1390 g/mol. The van der Waals surface area contributed by atoms with Gasteiger partial charge in [-0.05, 0) is 24.6 Å². The van der Waals surface area contributed by atoms with Crippen LogP contribution in [0.15, 0.2) is 41.2 Å². The van der Waals surface area contributed by atoms with Crippen LogP contribution in [0, 0.1) is 0 Å². The number of aliphatic hydroxyl groups is 12. The molecule has 0 saturated carbocycles. The van der Waals surface area contributed by atoms with Crippen molar-refractivity contribution in [1.82, 2.24) is 25.5 Å². The molecule has 6 aliphatic heterocycles. The summed E-state index contributed by atoms with van der Waals surface area (Å²) < 4.78 is 78.5. The zero-order valence-electron chi connectivity index (χ0n) is 55.2. The fourth-order valence-electron chi connectivity index (χ4n) is 12.4. The third-order valence-electron chi connectivity index (χ3n) is 17.8. The van der Waals surface area contributed by atoms with E-state index >= 15 is 0 Å². The Morgan fingerprint density at radius 2 is 1.14 bits per heavy atom. The molecule has 3 aromatic rings. The van der Waals surface area contributed by atoms with Crippen molar-refractivity contribution in [1.29, 1.82) is 0 Å². The number of carbonyl (C=O) groups is 7. The first-order valence-electron chi connectivity index (χ1n) is 32.8. The van der Waals surface area contributed by atoms with Gasteiger partial charge in [0.25, 0.3) is 5.56 Å². The van der Waals surface area contributed by atoms with Crippen molar-refractivity contribution in [2.45, 2.75) is 180 Å². The topological polar surface area (TPSA) is 614 Å². The number of fused-ring (bicyclic) bond motifs is 5. The van der Waals surface area contributed by atoms with Crippen molar-refractivity contribution in [3.8, 4) is 11.4 Å². The number of pyridine rings is 2. The number of para-hydroxylation sites is 1. The number of hydrogen-bond acceptors (Lipinski definition) is 35. The molecule has 2 aromatic heterocycles. The first-order valence-corrected chi connectivity index (χ1v) is 32.8. The molecule has 0 aliphatic carbocycles. The van der Waals surface area contributed by atoms with E-state index in [-0.39, 0.29) is 76.8 Å². The third kappa shape index (κ3) is 18.5. The third-order valence-corrected chi connectivity index (χ3v) is 17.8. The normalized spacial score (nSPS) is 32.0. The Hall–Kier alpha value is -7.41. The Balaban J connectivity index is 0.801. The van der Waals surface area contributed by atoms with E-state index < -0.39 is 234 Å².